The van der Waals surface area contributed by atoms with E-state index in [2.05, 4.69) is 10.3 Å². The second-order valence-corrected chi connectivity index (χ2v) is 8.73. The van der Waals surface area contributed by atoms with Crippen molar-refractivity contribution < 1.29 is 14.3 Å². The predicted octanol–water partition coefficient (Wildman–Crippen LogP) is 4.28. The second-order valence-electron chi connectivity index (χ2n) is 5.54. The maximum Gasteiger partial charge on any atom is 0.341 e. The van der Waals surface area contributed by atoms with Crippen molar-refractivity contribution in [3.63, 3.8) is 0 Å². The smallest absolute Gasteiger partial charge is 0.341 e. The summed E-state index contributed by atoms with van der Waals surface area (Å²) in [5, 5.41) is 5.23. The summed E-state index contributed by atoms with van der Waals surface area (Å²) in [5.41, 5.74) is 3.22. The van der Waals surface area contributed by atoms with E-state index in [1.165, 1.54) is 30.2 Å². The molecule has 136 valence electrons. The van der Waals surface area contributed by atoms with Crippen LogP contribution in [0.15, 0.2) is 34.6 Å². The van der Waals surface area contributed by atoms with Crippen LogP contribution in [0.5, 0.6) is 0 Å². The van der Waals surface area contributed by atoms with Crippen LogP contribution in [-0.4, -0.2) is 41.4 Å². The maximum absolute atomic E-state index is 12.3. The van der Waals surface area contributed by atoms with E-state index < -0.39 is 5.97 Å². The Bertz CT molecular complexity index is 844. The highest BCUT2D eigenvalue weighted by Crippen LogP contribution is 2.36. The van der Waals surface area contributed by atoms with Crippen LogP contribution in [0.1, 0.15) is 15.9 Å². The first-order valence-corrected chi connectivity index (χ1v) is 10.8. The Labute approximate surface area is 164 Å². The Balaban J connectivity index is 1.79. The molecule has 0 saturated carbocycles. The molecule has 5 nitrogen and oxygen atoms in total. The molecule has 1 aliphatic heterocycles. The van der Waals surface area contributed by atoms with E-state index in [-0.39, 0.29) is 11.7 Å². The molecule has 0 saturated heterocycles. The Morgan fingerprint density at radius 2 is 2.08 bits per heavy atom. The number of hydrogen-bond acceptors (Lipinski definition) is 7. The van der Waals surface area contributed by atoms with Crippen molar-refractivity contribution in [2.75, 3.05) is 30.5 Å². The standard InChI is InChI=1S/C18H18N2O3S3/c1-11-3-5-12(6-4-11)13-9-25-16(15(13)17(22)23-2)20-14(21)10-26-18-19-7-8-24-18/h3-6,9H,7-8,10H2,1-2H3,(H,20,21). The molecule has 1 amide bonds. The number of nitrogens with one attached hydrogen (secondary N) is 1. The number of benzene rings is 1. The normalized spacial score (nSPS) is 13.4. The number of thioether (sulfide) groups is 2. The number of carbonyl (C=O) groups is 2. The zero-order valence-corrected chi connectivity index (χ0v) is 16.9. The first kappa shape index (κ1) is 19.0. The summed E-state index contributed by atoms with van der Waals surface area (Å²) in [7, 11) is 1.34. The van der Waals surface area contributed by atoms with Crippen molar-refractivity contribution in [1.29, 1.82) is 0 Å². The van der Waals surface area contributed by atoms with Crippen LogP contribution >= 0.6 is 34.9 Å². The van der Waals surface area contributed by atoms with E-state index in [1.807, 2.05) is 36.6 Å². The molecule has 26 heavy (non-hydrogen) atoms. The first-order valence-electron chi connectivity index (χ1n) is 7.95. The van der Waals surface area contributed by atoms with Crippen LogP contribution < -0.4 is 5.32 Å². The van der Waals surface area contributed by atoms with Gasteiger partial charge in [0.2, 0.25) is 5.91 Å². The van der Waals surface area contributed by atoms with Gasteiger partial charge in [0.1, 0.15) is 14.9 Å². The fourth-order valence-electron chi connectivity index (χ4n) is 2.39. The van der Waals surface area contributed by atoms with Crippen LogP contribution in [0.4, 0.5) is 5.00 Å². The van der Waals surface area contributed by atoms with E-state index in [0.29, 0.717) is 10.6 Å². The Morgan fingerprint density at radius 3 is 2.73 bits per heavy atom. The minimum Gasteiger partial charge on any atom is -0.465 e. The number of ether oxygens (including phenoxy) is 1. The third-order valence-electron chi connectivity index (χ3n) is 3.68. The molecule has 2 aromatic rings. The zero-order chi connectivity index (χ0) is 18.5. The molecule has 3 rings (SSSR count). The predicted molar refractivity (Wildman–Crippen MR) is 112 cm³/mol. The fourth-order valence-corrected chi connectivity index (χ4v) is 5.18. The summed E-state index contributed by atoms with van der Waals surface area (Å²) < 4.78 is 5.88. The minimum absolute atomic E-state index is 0.160. The number of esters is 1. The van der Waals surface area contributed by atoms with E-state index in [4.69, 9.17) is 4.74 Å². The van der Waals surface area contributed by atoms with Crippen LogP contribution in [0.3, 0.4) is 0 Å². The van der Waals surface area contributed by atoms with E-state index in [9.17, 15) is 9.59 Å². The number of hydrogen-bond donors (Lipinski definition) is 1. The molecule has 1 aromatic carbocycles. The van der Waals surface area contributed by atoms with Gasteiger partial charge in [-0.15, -0.1) is 11.3 Å². The van der Waals surface area contributed by atoms with Crippen LogP contribution in [0.25, 0.3) is 11.1 Å². The summed E-state index contributed by atoms with van der Waals surface area (Å²) in [5.74, 6) is 0.624. The molecule has 0 bridgehead atoms. The van der Waals surface area contributed by atoms with Gasteiger partial charge in [0.25, 0.3) is 0 Å². The summed E-state index contributed by atoms with van der Waals surface area (Å²) >= 11 is 4.42. The molecule has 0 unspecified atom stereocenters. The Hall–Kier alpha value is -1.77. The third-order valence-corrected chi connectivity index (χ3v) is 6.83. The summed E-state index contributed by atoms with van der Waals surface area (Å²) in [6.45, 7) is 2.82. The van der Waals surface area contributed by atoms with Gasteiger partial charge in [0.15, 0.2) is 0 Å². The van der Waals surface area contributed by atoms with Gasteiger partial charge in [-0.2, -0.15) is 0 Å². The first-order chi connectivity index (χ1) is 12.6. The highest BCUT2D eigenvalue weighted by Gasteiger charge is 2.22. The SMILES string of the molecule is COC(=O)c1c(-c2ccc(C)cc2)csc1NC(=O)CSC1=NCCS1. The number of aryl methyl sites for hydroxylation is 1. The van der Waals surface area contributed by atoms with Gasteiger partial charge in [-0.3, -0.25) is 9.79 Å². The lowest BCUT2D eigenvalue weighted by Crippen LogP contribution is -2.16. The number of carbonyl (C=O) groups excluding carboxylic acids is 2. The molecule has 0 aliphatic carbocycles. The topological polar surface area (TPSA) is 67.8 Å². The van der Waals surface area contributed by atoms with Gasteiger partial charge in [0, 0.05) is 16.7 Å². The minimum atomic E-state index is -0.458. The van der Waals surface area contributed by atoms with Gasteiger partial charge in [0.05, 0.1) is 19.4 Å². The van der Waals surface area contributed by atoms with Crippen LogP contribution in [0, 0.1) is 6.92 Å². The van der Waals surface area contributed by atoms with Crippen molar-refractivity contribution in [3.8, 4) is 11.1 Å². The quantitative estimate of drug-likeness (QED) is 0.751. The number of nitrogens with zero attached hydrogens (tertiary/aromatic N) is 1. The molecule has 8 heteroatoms. The zero-order valence-electron chi connectivity index (χ0n) is 14.4. The molecule has 0 atom stereocenters. The number of thiophene rings is 1. The van der Waals surface area contributed by atoms with Crippen molar-refractivity contribution >= 4 is 56.1 Å². The number of rotatable bonds is 5. The van der Waals surface area contributed by atoms with Crippen LogP contribution in [0.2, 0.25) is 0 Å². The molecule has 1 N–H and O–H groups in total. The summed E-state index contributed by atoms with van der Waals surface area (Å²) in [4.78, 5) is 28.9. The highest BCUT2D eigenvalue weighted by atomic mass is 32.2. The number of amides is 1. The lowest BCUT2D eigenvalue weighted by molar-refractivity contribution is -0.113. The largest absolute Gasteiger partial charge is 0.465 e. The molecule has 2 heterocycles. The van der Waals surface area contributed by atoms with Crippen LogP contribution in [-0.2, 0) is 9.53 Å². The van der Waals surface area contributed by atoms with E-state index >= 15 is 0 Å². The number of methoxy groups -OCH3 is 1. The van der Waals surface area contributed by atoms with Crippen molar-refractivity contribution in [2.45, 2.75) is 6.92 Å². The number of aliphatic imine (C=N–C) groups is 1. The summed E-state index contributed by atoms with van der Waals surface area (Å²) in [6, 6.07) is 7.90. The van der Waals surface area contributed by atoms with Gasteiger partial charge < -0.3 is 10.1 Å². The molecule has 0 fully saturated rings. The average Bonchev–Trinajstić information content (AvgIpc) is 3.30. The van der Waals surface area contributed by atoms with Gasteiger partial charge in [-0.1, -0.05) is 53.4 Å². The van der Waals surface area contributed by atoms with Gasteiger partial charge >= 0.3 is 5.97 Å². The van der Waals surface area contributed by atoms with E-state index in [0.717, 1.165) is 33.4 Å². The molecule has 1 aliphatic rings. The fraction of sp³-hybridized carbons (Fsp3) is 0.278. The van der Waals surface area contributed by atoms with E-state index in [1.54, 1.807) is 11.8 Å². The maximum atomic E-state index is 12.3. The third kappa shape index (κ3) is 4.49. The lowest BCUT2D eigenvalue weighted by atomic mass is 10.0. The monoisotopic (exact) mass is 406 g/mol. The van der Waals surface area contributed by atoms with Gasteiger partial charge in [-0.25, -0.2) is 4.79 Å². The average molecular weight is 407 g/mol. The molecule has 0 radical (unpaired) electrons. The van der Waals surface area contributed by atoms with Crippen molar-refractivity contribution in [2.24, 2.45) is 4.99 Å². The summed E-state index contributed by atoms with van der Waals surface area (Å²) in [6.07, 6.45) is 0. The Kier molecular flexibility index (Phi) is 6.39. The lowest BCUT2D eigenvalue weighted by Gasteiger charge is -2.08. The number of anilines is 1. The molecular formula is C18H18N2O3S3. The van der Waals surface area contributed by atoms with Crippen molar-refractivity contribution in [3.05, 3.63) is 40.8 Å². The van der Waals surface area contributed by atoms with Crippen molar-refractivity contribution in [1.82, 2.24) is 0 Å². The molecule has 0 spiro atoms. The molecular weight excluding hydrogens is 388 g/mol. The molecule has 1 aromatic heterocycles. The Morgan fingerprint density at radius 1 is 1.31 bits per heavy atom. The van der Waals surface area contributed by atoms with Gasteiger partial charge in [-0.05, 0) is 12.5 Å². The second kappa shape index (κ2) is 8.75. The highest BCUT2D eigenvalue weighted by molar-refractivity contribution is 8.39.